The number of hydrogen-bond acceptors (Lipinski definition) is 3. The molecule has 1 aromatic carbocycles. The lowest BCUT2D eigenvalue weighted by molar-refractivity contribution is -0.142. The second-order valence-electron chi connectivity index (χ2n) is 3.90. The van der Waals surface area contributed by atoms with Gasteiger partial charge in [0.15, 0.2) is 0 Å². The van der Waals surface area contributed by atoms with E-state index in [1.54, 1.807) is 6.92 Å². The fourth-order valence-corrected chi connectivity index (χ4v) is 1.51. The molecule has 6 heteroatoms. The van der Waals surface area contributed by atoms with Crippen LogP contribution in [0.1, 0.15) is 24.5 Å². The van der Waals surface area contributed by atoms with Gasteiger partial charge in [-0.3, -0.25) is 4.79 Å². The van der Waals surface area contributed by atoms with Crippen LogP contribution < -0.4 is 4.74 Å². The molecule has 20 heavy (non-hydrogen) atoms. The van der Waals surface area contributed by atoms with Crippen molar-refractivity contribution in [2.45, 2.75) is 19.5 Å². The van der Waals surface area contributed by atoms with E-state index in [0.29, 0.717) is 5.56 Å². The SMILES string of the molecule is CCOC(=O)CC=Cc1cc(OC)cc(C(F)(F)F)c1. The van der Waals surface area contributed by atoms with Crippen molar-refractivity contribution in [2.24, 2.45) is 0 Å². The Bertz CT molecular complexity index is 493. The monoisotopic (exact) mass is 288 g/mol. The molecule has 1 aromatic rings. The highest BCUT2D eigenvalue weighted by molar-refractivity contribution is 5.72. The Morgan fingerprint density at radius 3 is 2.55 bits per heavy atom. The highest BCUT2D eigenvalue weighted by atomic mass is 19.4. The van der Waals surface area contributed by atoms with Gasteiger partial charge in [-0.15, -0.1) is 0 Å². The van der Waals surface area contributed by atoms with Crippen molar-refractivity contribution in [3.8, 4) is 5.75 Å². The Hall–Kier alpha value is -1.98. The highest BCUT2D eigenvalue weighted by Gasteiger charge is 2.31. The van der Waals surface area contributed by atoms with Crippen molar-refractivity contribution >= 4 is 12.0 Å². The molecular weight excluding hydrogens is 273 g/mol. The molecule has 0 N–H and O–H groups in total. The van der Waals surface area contributed by atoms with Crippen molar-refractivity contribution in [1.29, 1.82) is 0 Å². The lowest BCUT2D eigenvalue weighted by Gasteiger charge is -2.10. The number of carbonyl (C=O) groups is 1. The lowest BCUT2D eigenvalue weighted by Crippen LogP contribution is -2.05. The Kier molecular flexibility index (Phi) is 5.61. The van der Waals surface area contributed by atoms with E-state index in [1.165, 1.54) is 25.3 Å². The molecule has 1 rings (SSSR count). The van der Waals surface area contributed by atoms with Gasteiger partial charge in [0, 0.05) is 0 Å². The third kappa shape index (κ3) is 4.95. The van der Waals surface area contributed by atoms with Gasteiger partial charge >= 0.3 is 12.1 Å². The quantitative estimate of drug-likeness (QED) is 0.775. The van der Waals surface area contributed by atoms with Crippen LogP contribution in [0, 0.1) is 0 Å². The van der Waals surface area contributed by atoms with Crippen LogP contribution in [0.25, 0.3) is 6.08 Å². The molecule has 0 amide bonds. The predicted octanol–water partition coefficient (Wildman–Crippen LogP) is 3.68. The van der Waals surface area contributed by atoms with Crippen LogP contribution in [0.4, 0.5) is 13.2 Å². The summed E-state index contributed by atoms with van der Waals surface area (Å²) in [6.07, 6.45) is -1.56. The van der Waals surface area contributed by atoms with Crippen LogP contribution in [-0.2, 0) is 15.7 Å². The molecule has 0 spiro atoms. The molecule has 0 aliphatic rings. The average Bonchev–Trinajstić information content (AvgIpc) is 2.37. The zero-order chi connectivity index (χ0) is 15.2. The van der Waals surface area contributed by atoms with Crippen molar-refractivity contribution in [2.75, 3.05) is 13.7 Å². The van der Waals surface area contributed by atoms with Crippen LogP contribution in [0.2, 0.25) is 0 Å². The lowest BCUT2D eigenvalue weighted by atomic mass is 10.1. The topological polar surface area (TPSA) is 35.5 Å². The summed E-state index contributed by atoms with van der Waals surface area (Å²) >= 11 is 0. The standard InChI is InChI=1S/C14H15F3O3/c1-3-20-13(18)6-4-5-10-7-11(14(15,16)17)9-12(8-10)19-2/h4-5,7-9H,3,6H2,1-2H3. The molecule has 0 atom stereocenters. The summed E-state index contributed by atoms with van der Waals surface area (Å²) in [7, 11) is 1.29. The van der Waals surface area contributed by atoms with E-state index in [0.717, 1.165) is 12.1 Å². The molecule has 3 nitrogen and oxygen atoms in total. The number of benzene rings is 1. The van der Waals surface area contributed by atoms with E-state index in [9.17, 15) is 18.0 Å². The molecule has 0 bridgehead atoms. The van der Waals surface area contributed by atoms with Crippen LogP contribution in [0.15, 0.2) is 24.3 Å². The molecule has 0 unspecified atom stereocenters. The average molecular weight is 288 g/mol. The number of hydrogen-bond donors (Lipinski definition) is 0. The van der Waals surface area contributed by atoms with Gasteiger partial charge in [0.2, 0.25) is 0 Å². The first-order valence-electron chi connectivity index (χ1n) is 5.95. The van der Waals surface area contributed by atoms with E-state index < -0.39 is 17.7 Å². The number of methoxy groups -OCH3 is 1. The van der Waals surface area contributed by atoms with Gasteiger partial charge in [-0.2, -0.15) is 13.2 Å². The number of ether oxygens (including phenoxy) is 2. The van der Waals surface area contributed by atoms with E-state index in [4.69, 9.17) is 9.47 Å². The number of esters is 1. The number of carbonyl (C=O) groups excluding carboxylic acids is 1. The molecule has 0 aliphatic heterocycles. The Morgan fingerprint density at radius 1 is 1.30 bits per heavy atom. The van der Waals surface area contributed by atoms with Crippen molar-refractivity contribution in [3.05, 3.63) is 35.4 Å². The third-order valence-corrected chi connectivity index (χ3v) is 2.39. The summed E-state index contributed by atoms with van der Waals surface area (Å²) in [5.41, 5.74) is -0.492. The van der Waals surface area contributed by atoms with Gasteiger partial charge in [0.1, 0.15) is 5.75 Å². The van der Waals surface area contributed by atoms with E-state index >= 15 is 0 Å². The minimum atomic E-state index is -4.45. The van der Waals surface area contributed by atoms with E-state index in [1.807, 2.05) is 0 Å². The second kappa shape index (κ2) is 6.98. The molecule has 0 saturated heterocycles. The van der Waals surface area contributed by atoms with Crippen LogP contribution in [-0.4, -0.2) is 19.7 Å². The van der Waals surface area contributed by atoms with Crippen molar-refractivity contribution < 1.29 is 27.4 Å². The normalized spacial score (nSPS) is 11.7. The largest absolute Gasteiger partial charge is 0.497 e. The predicted molar refractivity (Wildman–Crippen MR) is 68.3 cm³/mol. The zero-order valence-electron chi connectivity index (χ0n) is 11.2. The zero-order valence-corrected chi connectivity index (χ0v) is 11.2. The minimum Gasteiger partial charge on any atom is -0.497 e. The fourth-order valence-electron chi connectivity index (χ4n) is 1.51. The van der Waals surface area contributed by atoms with Crippen LogP contribution in [0.5, 0.6) is 5.75 Å². The smallest absolute Gasteiger partial charge is 0.416 e. The first kappa shape index (κ1) is 16.1. The summed E-state index contributed by atoms with van der Waals surface area (Å²) in [4.78, 5) is 11.1. The highest BCUT2D eigenvalue weighted by Crippen LogP contribution is 2.32. The molecule has 0 aromatic heterocycles. The molecule has 0 heterocycles. The van der Waals surface area contributed by atoms with Gasteiger partial charge in [0.25, 0.3) is 0 Å². The number of alkyl halides is 3. The van der Waals surface area contributed by atoms with Crippen LogP contribution in [0.3, 0.4) is 0 Å². The summed E-state index contributed by atoms with van der Waals surface area (Å²) in [5, 5.41) is 0. The first-order valence-corrected chi connectivity index (χ1v) is 5.95. The molecule has 0 fully saturated rings. The van der Waals surface area contributed by atoms with Crippen molar-refractivity contribution in [3.63, 3.8) is 0 Å². The first-order chi connectivity index (χ1) is 9.36. The molecule has 110 valence electrons. The summed E-state index contributed by atoms with van der Waals surface area (Å²) < 4.78 is 47.6. The third-order valence-electron chi connectivity index (χ3n) is 2.39. The maximum absolute atomic E-state index is 12.7. The van der Waals surface area contributed by atoms with Crippen molar-refractivity contribution in [1.82, 2.24) is 0 Å². The molecular formula is C14H15F3O3. The van der Waals surface area contributed by atoms with E-state index in [-0.39, 0.29) is 18.8 Å². The molecule has 0 aliphatic carbocycles. The summed E-state index contributed by atoms with van der Waals surface area (Å²) in [6.45, 7) is 1.95. The maximum Gasteiger partial charge on any atom is 0.416 e. The molecule has 0 saturated carbocycles. The maximum atomic E-state index is 12.7. The molecule has 0 radical (unpaired) electrons. The number of halogens is 3. The number of rotatable bonds is 5. The summed E-state index contributed by atoms with van der Waals surface area (Å²) in [6, 6.07) is 3.36. The van der Waals surface area contributed by atoms with Gasteiger partial charge in [-0.25, -0.2) is 0 Å². The Balaban J connectivity index is 2.89. The van der Waals surface area contributed by atoms with Crippen LogP contribution >= 0.6 is 0 Å². The fraction of sp³-hybridized carbons (Fsp3) is 0.357. The Morgan fingerprint density at radius 2 is 2.00 bits per heavy atom. The summed E-state index contributed by atoms with van der Waals surface area (Å²) in [5.74, 6) is -0.321. The van der Waals surface area contributed by atoms with Gasteiger partial charge in [0.05, 0.1) is 25.7 Å². The van der Waals surface area contributed by atoms with Gasteiger partial charge in [-0.1, -0.05) is 12.2 Å². The Labute approximate surface area is 115 Å². The van der Waals surface area contributed by atoms with E-state index in [2.05, 4.69) is 0 Å². The second-order valence-corrected chi connectivity index (χ2v) is 3.90. The van der Waals surface area contributed by atoms with Gasteiger partial charge < -0.3 is 9.47 Å². The van der Waals surface area contributed by atoms with Gasteiger partial charge in [-0.05, 0) is 30.7 Å². The minimum absolute atomic E-state index is 0.00635.